The van der Waals surface area contributed by atoms with E-state index in [0.717, 1.165) is 16.8 Å². The molecule has 0 radical (unpaired) electrons. The minimum absolute atomic E-state index is 0.983. The second-order valence-electron chi connectivity index (χ2n) is 4.36. The van der Waals surface area contributed by atoms with E-state index >= 15 is 0 Å². The van der Waals surface area contributed by atoms with Crippen molar-refractivity contribution in [3.05, 3.63) is 48.2 Å². The zero-order chi connectivity index (χ0) is 11.4. The van der Waals surface area contributed by atoms with Crippen LogP contribution in [0.4, 0.5) is 0 Å². The number of pyridine rings is 1. The molecule has 0 atom stereocenters. The lowest BCUT2D eigenvalue weighted by Gasteiger charge is -1.95. The summed E-state index contributed by atoms with van der Waals surface area (Å²) in [6, 6.07) is 12.4. The Labute approximate surface area is 97.7 Å². The van der Waals surface area contributed by atoms with Crippen molar-refractivity contribution in [1.29, 1.82) is 0 Å². The van der Waals surface area contributed by atoms with Gasteiger partial charge < -0.3 is 4.98 Å². The average molecular weight is 221 g/mol. The Hall–Kier alpha value is -2.29. The fourth-order valence-corrected chi connectivity index (χ4v) is 2.45. The van der Waals surface area contributed by atoms with E-state index < -0.39 is 0 Å². The Morgan fingerprint density at radius 3 is 3.00 bits per heavy atom. The van der Waals surface area contributed by atoms with Crippen LogP contribution >= 0.6 is 0 Å². The lowest BCUT2D eigenvalue weighted by atomic mass is 10.1. The SMILES string of the molecule is Cc1cccc2c1[nH]c1c2nc2ccccn21. The lowest BCUT2D eigenvalue weighted by molar-refractivity contribution is 1.19. The van der Waals surface area contributed by atoms with Crippen LogP contribution in [-0.2, 0) is 0 Å². The summed E-state index contributed by atoms with van der Waals surface area (Å²) in [7, 11) is 0. The number of rotatable bonds is 0. The van der Waals surface area contributed by atoms with E-state index in [1.165, 1.54) is 16.5 Å². The van der Waals surface area contributed by atoms with Gasteiger partial charge in [0, 0.05) is 11.6 Å². The molecule has 82 valence electrons. The van der Waals surface area contributed by atoms with Crippen LogP contribution in [0, 0.1) is 6.92 Å². The maximum Gasteiger partial charge on any atom is 0.143 e. The zero-order valence-electron chi connectivity index (χ0n) is 9.44. The third-order valence-corrected chi connectivity index (χ3v) is 3.30. The van der Waals surface area contributed by atoms with Gasteiger partial charge in [-0.3, -0.25) is 4.40 Å². The minimum atomic E-state index is 0.983. The number of fused-ring (bicyclic) bond motifs is 5. The largest absolute Gasteiger partial charge is 0.339 e. The summed E-state index contributed by atoms with van der Waals surface area (Å²) in [4.78, 5) is 8.15. The van der Waals surface area contributed by atoms with Gasteiger partial charge in [-0.05, 0) is 24.6 Å². The summed E-state index contributed by atoms with van der Waals surface area (Å²) in [5, 5.41) is 1.20. The topological polar surface area (TPSA) is 33.1 Å². The van der Waals surface area contributed by atoms with Gasteiger partial charge in [0.2, 0.25) is 0 Å². The molecule has 3 nitrogen and oxygen atoms in total. The molecule has 3 heteroatoms. The van der Waals surface area contributed by atoms with E-state index in [0.29, 0.717) is 0 Å². The van der Waals surface area contributed by atoms with Gasteiger partial charge in [-0.25, -0.2) is 4.98 Å². The van der Waals surface area contributed by atoms with Crippen LogP contribution in [-0.4, -0.2) is 14.4 Å². The molecule has 0 aliphatic rings. The molecule has 0 saturated heterocycles. The predicted octanol–water partition coefficient (Wildman–Crippen LogP) is 3.28. The molecular formula is C14H11N3. The Bertz CT molecular complexity index is 852. The van der Waals surface area contributed by atoms with Gasteiger partial charge in [-0.2, -0.15) is 0 Å². The quantitative estimate of drug-likeness (QED) is 0.485. The van der Waals surface area contributed by atoms with Gasteiger partial charge in [-0.1, -0.05) is 24.3 Å². The number of nitrogens with zero attached hydrogens (tertiary/aromatic N) is 2. The van der Waals surface area contributed by atoms with Gasteiger partial charge in [0.05, 0.1) is 5.52 Å². The number of hydrogen-bond donors (Lipinski definition) is 1. The van der Waals surface area contributed by atoms with Crippen LogP contribution in [0.3, 0.4) is 0 Å². The van der Waals surface area contributed by atoms with Crippen molar-refractivity contribution in [2.75, 3.05) is 0 Å². The third kappa shape index (κ3) is 1.03. The van der Waals surface area contributed by atoms with Crippen molar-refractivity contribution in [2.45, 2.75) is 6.92 Å². The summed E-state index contributed by atoms with van der Waals surface area (Å²) < 4.78 is 2.09. The Balaban J connectivity index is 2.33. The number of aromatic amines is 1. The predicted molar refractivity (Wildman–Crippen MR) is 69.3 cm³/mol. The normalized spacial score (nSPS) is 11.8. The van der Waals surface area contributed by atoms with E-state index in [4.69, 9.17) is 0 Å². The Morgan fingerprint density at radius 2 is 2.06 bits per heavy atom. The highest BCUT2D eigenvalue weighted by molar-refractivity contribution is 6.06. The van der Waals surface area contributed by atoms with Crippen LogP contribution in [0.25, 0.3) is 27.7 Å². The molecule has 0 aliphatic heterocycles. The van der Waals surface area contributed by atoms with Gasteiger partial charge in [0.15, 0.2) is 0 Å². The molecular weight excluding hydrogens is 210 g/mol. The highest BCUT2D eigenvalue weighted by atomic mass is 15.1. The molecule has 0 saturated carbocycles. The first-order chi connectivity index (χ1) is 8.34. The van der Waals surface area contributed by atoms with E-state index in [1.54, 1.807) is 0 Å². The first-order valence-corrected chi connectivity index (χ1v) is 5.69. The van der Waals surface area contributed by atoms with Crippen molar-refractivity contribution in [3.63, 3.8) is 0 Å². The number of aryl methyl sites for hydroxylation is 1. The molecule has 0 bridgehead atoms. The number of aromatic nitrogens is 3. The number of imidazole rings is 1. The number of benzene rings is 1. The zero-order valence-corrected chi connectivity index (χ0v) is 9.44. The third-order valence-electron chi connectivity index (χ3n) is 3.30. The molecule has 4 aromatic rings. The van der Waals surface area contributed by atoms with Crippen LogP contribution < -0.4 is 0 Å². The molecule has 17 heavy (non-hydrogen) atoms. The molecule has 1 N–H and O–H groups in total. The van der Waals surface area contributed by atoms with E-state index in [1.807, 2.05) is 24.4 Å². The van der Waals surface area contributed by atoms with Gasteiger partial charge in [-0.15, -0.1) is 0 Å². The number of H-pyrrole nitrogens is 1. The molecule has 0 aliphatic carbocycles. The molecule has 0 amide bonds. The molecule has 0 unspecified atom stereocenters. The summed E-state index contributed by atoms with van der Waals surface area (Å²) >= 11 is 0. The first kappa shape index (κ1) is 8.82. The fourth-order valence-electron chi connectivity index (χ4n) is 2.45. The molecule has 0 fully saturated rings. The van der Waals surface area contributed by atoms with Crippen LogP contribution in [0.2, 0.25) is 0 Å². The van der Waals surface area contributed by atoms with E-state index in [9.17, 15) is 0 Å². The first-order valence-electron chi connectivity index (χ1n) is 5.69. The molecule has 1 aromatic carbocycles. The number of para-hydroxylation sites is 1. The van der Waals surface area contributed by atoms with Gasteiger partial charge in [0.1, 0.15) is 16.8 Å². The van der Waals surface area contributed by atoms with Crippen LogP contribution in [0.5, 0.6) is 0 Å². The average Bonchev–Trinajstić information content (AvgIpc) is 2.87. The maximum atomic E-state index is 4.68. The van der Waals surface area contributed by atoms with Gasteiger partial charge in [0.25, 0.3) is 0 Å². The lowest BCUT2D eigenvalue weighted by Crippen LogP contribution is -1.83. The van der Waals surface area contributed by atoms with Crippen LogP contribution in [0.15, 0.2) is 42.6 Å². The van der Waals surface area contributed by atoms with Crippen molar-refractivity contribution < 1.29 is 0 Å². The highest BCUT2D eigenvalue weighted by Crippen LogP contribution is 2.27. The Kier molecular flexibility index (Phi) is 1.50. The van der Waals surface area contributed by atoms with Crippen molar-refractivity contribution in [2.24, 2.45) is 0 Å². The van der Waals surface area contributed by atoms with Crippen molar-refractivity contribution in [3.8, 4) is 0 Å². The smallest absolute Gasteiger partial charge is 0.143 e. The Morgan fingerprint density at radius 1 is 1.12 bits per heavy atom. The molecule has 3 heterocycles. The summed E-state index contributed by atoms with van der Waals surface area (Å²) in [6.07, 6.45) is 2.04. The van der Waals surface area contributed by atoms with Crippen LogP contribution in [0.1, 0.15) is 5.56 Å². The van der Waals surface area contributed by atoms with Gasteiger partial charge >= 0.3 is 0 Å². The second kappa shape index (κ2) is 2.88. The van der Waals surface area contributed by atoms with Crippen molar-refractivity contribution in [1.82, 2.24) is 14.4 Å². The monoisotopic (exact) mass is 221 g/mol. The standard InChI is InChI=1S/C14H11N3/c1-9-5-4-6-10-12(9)16-14-13(10)15-11-7-2-3-8-17(11)14/h2-8,16H,1H3. The summed E-state index contributed by atoms with van der Waals surface area (Å²) in [5.74, 6) is 0. The molecule has 4 rings (SSSR count). The second-order valence-corrected chi connectivity index (χ2v) is 4.36. The molecule has 3 aromatic heterocycles. The molecule has 0 spiro atoms. The highest BCUT2D eigenvalue weighted by Gasteiger charge is 2.11. The maximum absolute atomic E-state index is 4.68. The number of nitrogens with one attached hydrogen (secondary N) is 1. The minimum Gasteiger partial charge on any atom is -0.339 e. The summed E-state index contributed by atoms with van der Waals surface area (Å²) in [6.45, 7) is 2.12. The van der Waals surface area contributed by atoms with Crippen molar-refractivity contribution >= 4 is 27.7 Å². The fraction of sp³-hybridized carbons (Fsp3) is 0.0714. The van der Waals surface area contributed by atoms with E-state index in [2.05, 4.69) is 39.5 Å². The van der Waals surface area contributed by atoms with E-state index in [-0.39, 0.29) is 0 Å². The number of hydrogen-bond acceptors (Lipinski definition) is 1. The summed E-state index contributed by atoms with van der Waals surface area (Å²) in [5.41, 5.74) is 5.55.